The van der Waals surface area contributed by atoms with Gasteiger partial charge in [-0.15, -0.1) is 0 Å². The minimum atomic E-state index is -0.711. The van der Waals surface area contributed by atoms with Gasteiger partial charge in [0.25, 0.3) is 5.56 Å². The first kappa shape index (κ1) is 14.7. The fourth-order valence-electron chi connectivity index (χ4n) is 2.88. The molecule has 1 aliphatic carbocycles. The Hall–Kier alpha value is -2.21. The summed E-state index contributed by atoms with van der Waals surface area (Å²) in [5, 5.41) is 10.3. The molecule has 1 aliphatic rings. The molecule has 1 saturated carbocycles. The maximum atomic E-state index is 12.7. The molecule has 1 fully saturated rings. The Bertz CT molecular complexity index is 872. The van der Waals surface area contributed by atoms with E-state index in [-0.39, 0.29) is 52.5 Å². The van der Waals surface area contributed by atoms with Gasteiger partial charge in [0.1, 0.15) is 22.7 Å². The molecular formula is C15H13ClN2O4. The Morgan fingerprint density at radius 1 is 1.32 bits per heavy atom. The number of aromatic hydroxyl groups is 1. The maximum absolute atomic E-state index is 12.7. The van der Waals surface area contributed by atoms with Crippen molar-refractivity contribution in [3.63, 3.8) is 0 Å². The van der Waals surface area contributed by atoms with Crippen LogP contribution in [0.2, 0.25) is 5.02 Å². The molecule has 1 atom stereocenters. The minimum Gasteiger partial charge on any atom is -0.507 e. The van der Waals surface area contributed by atoms with Crippen molar-refractivity contribution < 1.29 is 14.7 Å². The molecule has 0 saturated heterocycles. The molecule has 0 unspecified atom stereocenters. The van der Waals surface area contributed by atoms with Gasteiger partial charge in [-0.1, -0.05) is 11.6 Å². The van der Waals surface area contributed by atoms with Gasteiger partial charge in [0.05, 0.1) is 18.0 Å². The van der Waals surface area contributed by atoms with Crippen LogP contribution < -0.4 is 5.56 Å². The number of rotatable bonds is 1. The number of ketones is 2. The number of aryl methyl sites for hydroxylation is 1. The minimum absolute atomic E-state index is 0.0275. The van der Waals surface area contributed by atoms with Crippen molar-refractivity contribution in [2.75, 3.05) is 0 Å². The Morgan fingerprint density at radius 3 is 2.73 bits per heavy atom. The Kier molecular flexibility index (Phi) is 3.48. The van der Waals surface area contributed by atoms with Crippen LogP contribution in [0.15, 0.2) is 16.9 Å². The van der Waals surface area contributed by atoms with E-state index in [1.54, 1.807) is 6.92 Å². The number of carbonyl (C=O) groups is 2. The lowest BCUT2D eigenvalue weighted by Crippen LogP contribution is -2.36. The average Bonchev–Trinajstić information content (AvgIpc) is 2.39. The molecule has 0 spiro atoms. The molecule has 0 aliphatic heterocycles. The normalized spacial score (nSPS) is 18.9. The largest absolute Gasteiger partial charge is 0.507 e. The molecule has 2 aromatic rings. The third kappa shape index (κ3) is 2.29. The monoisotopic (exact) mass is 320 g/mol. The summed E-state index contributed by atoms with van der Waals surface area (Å²) in [5.74, 6) is -0.327. The van der Waals surface area contributed by atoms with Crippen LogP contribution in [0.25, 0.3) is 10.9 Å². The number of hydrogen-bond donors (Lipinski definition) is 1. The number of phenols is 1. The predicted octanol–water partition coefficient (Wildman–Crippen LogP) is 1.93. The lowest BCUT2D eigenvalue weighted by atomic mass is 9.92. The number of phenolic OH excluding ortho intramolecular Hbond substituents is 1. The molecule has 3 rings (SSSR count). The molecular weight excluding hydrogens is 308 g/mol. The van der Waals surface area contributed by atoms with Crippen LogP contribution in [0.3, 0.4) is 0 Å². The number of benzene rings is 1. The number of aromatic nitrogens is 2. The third-order valence-corrected chi connectivity index (χ3v) is 4.09. The van der Waals surface area contributed by atoms with Gasteiger partial charge < -0.3 is 5.11 Å². The van der Waals surface area contributed by atoms with E-state index in [0.29, 0.717) is 5.82 Å². The summed E-state index contributed by atoms with van der Waals surface area (Å²) in [6, 6.07) is 2.04. The number of Topliss-reactive ketones (excluding diaryl/α,β-unsaturated/α-hetero) is 2. The third-order valence-electron chi connectivity index (χ3n) is 3.88. The van der Waals surface area contributed by atoms with Crippen LogP contribution >= 0.6 is 11.6 Å². The number of nitrogens with zero attached hydrogens (tertiary/aromatic N) is 2. The molecule has 0 amide bonds. The quantitative estimate of drug-likeness (QED) is 0.811. The van der Waals surface area contributed by atoms with E-state index >= 15 is 0 Å². The van der Waals surface area contributed by atoms with E-state index in [2.05, 4.69) is 4.98 Å². The first-order valence-electron chi connectivity index (χ1n) is 6.84. The molecule has 114 valence electrons. The number of fused-ring (bicyclic) bond motifs is 1. The van der Waals surface area contributed by atoms with Gasteiger partial charge in [-0.2, -0.15) is 0 Å². The van der Waals surface area contributed by atoms with Crippen molar-refractivity contribution in [2.24, 2.45) is 0 Å². The molecule has 1 aromatic carbocycles. The van der Waals surface area contributed by atoms with Gasteiger partial charge in [0, 0.05) is 11.4 Å². The molecule has 1 heterocycles. The van der Waals surface area contributed by atoms with Gasteiger partial charge in [-0.25, -0.2) is 4.98 Å². The number of halogens is 1. The topological polar surface area (TPSA) is 89.3 Å². The second kappa shape index (κ2) is 5.21. The Morgan fingerprint density at radius 2 is 2.05 bits per heavy atom. The molecule has 6 nitrogen and oxygen atoms in total. The van der Waals surface area contributed by atoms with Crippen LogP contribution in [-0.4, -0.2) is 26.2 Å². The van der Waals surface area contributed by atoms with Gasteiger partial charge >= 0.3 is 0 Å². The first-order valence-corrected chi connectivity index (χ1v) is 7.22. The highest BCUT2D eigenvalue weighted by molar-refractivity contribution is 6.31. The number of carbonyl (C=O) groups excluding carboxylic acids is 2. The molecule has 7 heteroatoms. The molecule has 1 aromatic heterocycles. The predicted molar refractivity (Wildman–Crippen MR) is 80.3 cm³/mol. The highest BCUT2D eigenvalue weighted by atomic mass is 35.5. The first-order chi connectivity index (χ1) is 10.4. The average molecular weight is 321 g/mol. The van der Waals surface area contributed by atoms with Crippen molar-refractivity contribution in [1.29, 1.82) is 0 Å². The highest BCUT2D eigenvalue weighted by Gasteiger charge is 2.31. The SMILES string of the molecule is Cc1nc2cc(Cl)cc(O)c2c(=O)n1[C@H]1CCC(=O)CC1=O. The van der Waals surface area contributed by atoms with Crippen molar-refractivity contribution >= 4 is 34.1 Å². The van der Waals surface area contributed by atoms with Crippen LogP contribution in [0.4, 0.5) is 0 Å². The Labute approximate surface area is 130 Å². The van der Waals surface area contributed by atoms with E-state index in [1.165, 1.54) is 16.7 Å². The lowest BCUT2D eigenvalue weighted by molar-refractivity contribution is -0.132. The van der Waals surface area contributed by atoms with Gasteiger partial charge in [0.15, 0.2) is 5.78 Å². The summed E-state index contributed by atoms with van der Waals surface area (Å²) >= 11 is 5.86. The highest BCUT2D eigenvalue weighted by Crippen LogP contribution is 2.28. The van der Waals surface area contributed by atoms with Gasteiger partial charge in [-0.05, 0) is 25.5 Å². The molecule has 22 heavy (non-hydrogen) atoms. The van der Waals surface area contributed by atoms with E-state index in [9.17, 15) is 19.5 Å². The summed E-state index contributed by atoms with van der Waals surface area (Å²) in [4.78, 5) is 40.4. The molecule has 0 bridgehead atoms. The fraction of sp³-hybridized carbons (Fsp3) is 0.333. The van der Waals surface area contributed by atoms with Crippen LogP contribution in [0, 0.1) is 6.92 Å². The summed E-state index contributed by atoms with van der Waals surface area (Å²) < 4.78 is 1.27. The molecule has 0 radical (unpaired) electrons. The maximum Gasteiger partial charge on any atom is 0.265 e. The summed E-state index contributed by atoms with van der Waals surface area (Å²) in [6.45, 7) is 1.61. The zero-order valence-electron chi connectivity index (χ0n) is 11.8. The summed E-state index contributed by atoms with van der Waals surface area (Å²) in [7, 11) is 0. The lowest BCUT2D eigenvalue weighted by Gasteiger charge is -2.24. The van der Waals surface area contributed by atoms with Crippen LogP contribution in [0.5, 0.6) is 5.75 Å². The smallest absolute Gasteiger partial charge is 0.265 e. The van der Waals surface area contributed by atoms with Crippen LogP contribution in [-0.2, 0) is 9.59 Å². The zero-order chi connectivity index (χ0) is 16.0. The van der Waals surface area contributed by atoms with Crippen LogP contribution in [0.1, 0.15) is 31.1 Å². The fourth-order valence-corrected chi connectivity index (χ4v) is 3.09. The Balaban J connectivity index is 2.25. The van der Waals surface area contributed by atoms with Gasteiger partial charge in [0.2, 0.25) is 0 Å². The van der Waals surface area contributed by atoms with Crippen molar-refractivity contribution in [3.05, 3.63) is 33.3 Å². The summed E-state index contributed by atoms with van der Waals surface area (Å²) in [5.41, 5.74) is -0.215. The molecule has 1 N–H and O–H groups in total. The van der Waals surface area contributed by atoms with Crippen molar-refractivity contribution in [2.45, 2.75) is 32.2 Å². The zero-order valence-corrected chi connectivity index (χ0v) is 12.6. The second-order valence-electron chi connectivity index (χ2n) is 5.39. The standard InChI is InChI=1S/C15H13ClN2O4/c1-7-17-10-4-8(16)5-13(21)14(10)15(22)18(7)11-3-2-9(19)6-12(11)20/h4-5,11,21H,2-3,6H2,1H3/t11-/m0/s1. The number of hydrogen-bond acceptors (Lipinski definition) is 5. The van der Waals surface area contributed by atoms with E-state index in [1.807, 2.05) is 0 Å². The van der Waals surface area contributed by atoms with E-state index < -0.39 is 11.6 Å². The van der Waals surface area contributed by atoms with Crippen molar-refractivity contribution in [1.82, 2.24) is 9.55 Å². The van der Waals surface area contributed by atoms with Gasteiger partial charge in [-0.3, -0.25) is 19.0 Å². The van der Waals surface area contributed by atoms with Crippen molar-refractivity contribution in [3.8, 4) is 5.75 Å². The van der Waals surface area contributed by atoms with E-state index in [4.69, 9.17) is 11.6 Å². The van der Waals surface area contributed by atoms with E-state index in [0.717, 1.165) is 0 Å². The second-order valence-corrected chi connectivity index (χ2v) is 5.83. The summed E-state index contributed by atoms with van der Waals surface area (Å²) in [6.07, 6.45) is 0.369.